The number of hydrogen-bond acceptors (Lipinski definition) is 6. The lowest BCUT2D eigenvalue weighted by Gasteiger charge is -2.20. The van der Waals surface area contributed by atoms with E-state index >= 15 is 0 Å². The lowest BCUT2D eigenvalue weighted by atomic mass is 9.95. The van der Waals surface area contributed by atoms with Gasteiger partial charge in [0.25, 0.3) is 0 Å². The van der Waals surface area contributed by atoms with Gasteiger partial charge >= 0.3 is 11.9 Å². The van der Waals surface area contributed by atoms with Crippen LogP contribution in [0.4, 0.5) is 5.69 Å². The van der Waals surface area contributed by atoms with Crippen LogP contribution in [0.3, 0.4) is 0 Å². The second kappa shape index (κ2) is 6.27. The SMILES string of the molecule is COC(=O)C(C)(C)COC(=O)c1ccc(N)c(OC)c1. The molecule has 6 nitrogen and oxygen atoms in total. The predicted molar refractivity (Wildman–Crippen MR) is 73.5 cm³/mol. The van der Waals surface area contributed by atoms with E-state index in [9.17, 15) is 9.59 Å². The van der Waals surface area contributed by atoms with Gasteiger partial charge in [0.15, 0.2) is 0 Å². The van der Waals surface area contributed by atoms with Gasteiger partial charge in [0.1, 0.15) is 12.4 Å². The van der Waals surface area contributed by atoms with Gasteiger partial charge in [-0.1, -0.05) is 0 Å². The van der Waals surface area contributed by atoms with Crippen molar-refractivity contribution in [1.29, 1.82) is 0 Å². The highest BCUT2D eigenvalue weighted by atomic mass is 16.5. The molecule has 1 rings (SSSR count). The summed E-state index contributed by atoms with van der Waals surface area (Å²) in [6.07, 6.45) is 0. The fraction of sp³-hybridized carbons (Fsp3) is 0.429. The molecule has 0 amide bonds. The van der Waals surface area contributed by atoms with Gasteiger partial charge in [-0.05, 0) is 32.0 Å². The van der Waals surface area contributed by atoms with Crippen molar-refractivity contribution in [3.8, 4) is 5.75 Å². The van der Waals surface area contributed by atoms with Crippen molar-refractivity contribution in [2.24, 2.45) is 5.41 Å². The van der Waals surface area contributed by atoms with Crippen molar-refractivity contribution in [3.05, 3.63) is 23.8 Å². The Morgan fingerprint density at radius 1 is 1.25 bits per heavy atom. The van der Waals surface area contributed by atoms with Gasteiger partial charge < -0.3 is 19.9 Å². The van der Waals surface area contributed by atoms with Crippen molar-refractivity contribution < 1.29 is 23.8 Å². The van der Waals surface area contributed by atoms with E-state index in [1.165, 1.54) is 26.4 Å². The van der Waals surface area contributed by atoms with E-state index in [0.717, 1.165) is 0 Å². The summed E-state index contributed by atoms with van der Waals surface area (Å²) in [7, 11) is 2.75. The third-order valence-corrected chi connectivity index (χ3v) is 2.77. The first-order valence-corrected chi connectivity index (χ1v) is 6.01. The third-order valence-electron chi connectivity index (χ3n) is 2.77. The minimum Gasteiger partial charge on any atom is -0.495 e. The topological polar surface area (TPSA) is 87.9 Å². The second-order valence-electron chi connectivity index (χ2n) is 4.91. The molecule has 2 N–H and O–H groups in total. The number of nitrogen functional groups attached to an aromatic ring is 1. The molecule has 0 radical (unpaired) electrons. The van der Waals surface area contributed by atoms with Gasteiger partial charge in [-0.25, -0.2) is 4.79 Å². The van der Waals surface area contributed by atoms with Gasteiger partial charge in [0.05, 0.1) is 30.9 Å². The summed E-state index contributed by atoms with van der Waals surface area (Å²) in [6, 6.07) is 4.58. The van der Waals surface area contributed by atoms with E-state index in [1.54, 1.807) is 19.9 Å². The van der Waals surface area contributed by atoms with Crippen molar-refractivity contribution in [1.82, 2.24) is 0 Å². The summed E-state index contributed by atoms with van der Waals surface area (Å²) in [4.78, 5) is 23.4. The first kappa shape index (κ1) is 15.8. The van der Waals surface area contributed by atoms with Gasteiger partial charge in [0, 0.05) is 0 Å². The molecular weight excluding hydrogens is 262 g/mol. The van der Waals surface area contributed by atoms with Crippen LogP contribution in [0.2, 0.25) is 0 Å². The molecule has 0 spiro atoms. The zero-order chi connectivity index (χ0) is 15.3. The molecule has 0 unspecified atom stereocenters. The van der Waals surface area contributed by atoms with Crippen LogP contribution < -0.4 is 10.5 Å². The predicted octanol–water partition coefficient (Wildman–Crippen LogP) is 1.63. The molecular formula is C14H19NO5. The summed E-state index contributed by atoms with van der Waals surface area (Å²) < 4.78 is 14.8. The highest BCUT2D eigenvalue weighted by molar-refractivity contribution is 5.91. The maximum absolute atomic E-state index is 11.9. The first-order chi connectivity index (χ1) is 9.31. The molecule has 1 aromatic rings. The number of rotatable bonds is 5. The van der Waals surface area contributed by atoms with E-state index in [-0.39, 0.29) is 6.61 Å². The number of ether oxygens (including phenoxy) is 3. The van der Waals surface area contributed by atoms with Crippen molar-refractivity contribution in [3.63, 3.8) is 0 Å². The number of methoxy groups -OCH3 is 2. The maximum atomic E-state index is 11.9. The Morgan fingerprint density at radius 3 is 2.45 bits per heavy atom. The van der Waals surface area contributed by atoms with Gasteiger partial charge in [0.2, 0.25) is 0 Å². The molecule has 20 heavy (non-hydrogen) atoms. The number of anilines is 1. The molecule has 0 saturated carbocycles. The Morgan fingerprint density at radius 2 is 1.90 bits per heavy atom. The first-order valence-electron chi connectivity index (χ1n) is 6.01. The van der Waals surface area contributed by atoms with Crippen molar-refractivity contribution in [2.75, 3.05) is 26.6 Å². The Hall–Kier alpha value is -2.24. The highest BCUT2D eigenvalue weighted by Gasteiger charge is 2.30. The van der Waals surface area contributed by atoms with E-state index in [0.29, 0.717) is 17.0 Å². The Labute approximate surface area is 117 Å². The zero-order valence-corrected chi connectivity index (χ0v) is 12.1. The lowest BCUT2D eigenvalue weighted by molar-refractivity contribution is -0.152. The molecule has 0 aliphatic heterocycles. The third kappa shape index (κ3) is 3.63. The largest absolute Gasteiger partial charge is 0.495 e. The Kier molecular flexibility index (Phi) is 4.96. The molecule has 0 aromatic heterocycles. The van der Waals surface area contributed by atoms with Crippen LogP contribution in [-0.4, -0.2) is 32.8 Å². The van der Waals surface area contributed by atoms with Crippen LogP contribution in [0.25, 0.3) is 0 Å². The number of carbonyl (C=O) groups excluding carboxylic acids is 2. The van der Waals surface area contributed by atoms with Crippen LogP contribution in [0.1, 0.15) is 24.2 Å². The number of hydrogen-bond donors (Lipinski definition) is 1. The maximum Gasteiger partial charge on any atom is 0.338 e. The lowest BCUT2D eigenvalue weighted by Crippen LogP contribution is -2.31. The number of esters is 2. The Balaban J connectivity index is 2.75. The van der Waals surface area contributed by atoms with Crippen molar-refractivity contribution in [2.45, 2.75) is 13.8 Å². The van der Waals surface area contributed by atoms with E-state index in [4.69, 9.17) is 15.2 Å². The van der Waals surface area contributed by atoms with Gasteiger partial charge in [-0.2, -0.15) is 0 Å². The minimum absolute atomic E-state index is 0.0782. The normalized spacial score (nSPS) is 10.8. The smallest absolute Gasteiger partial charge is 0.338 e. The van der Waals surface area contributed by atoms with Gasteiger partial charge in [-0.3, -0.25) is 4.79 Å². The molecule has 0 aliphatic carbocycles. The molecule has 0 fully saturated rings. The standard InChI is InChI=1S/C14H19NO5/c1-14(2,13(17)19-4)8-20-12(16)9-5-6-10(15)11(7-9)18-3/h5-7H,8,15H2,1-4H3. The fourth-order valence-electron chi connectivity index (χ4n) is 1.50. The quantitative estimate of drug-likeness (QED) is 0.652. The number of nitrogens with two attached hydrogens (primary N) is 1. The second-order valence-corrected chi connectivity index (χ2v) is 4.91. The van der Waals surface area contributed by atoms with Crippen LogP contribution in [0, 0.1) is 5.41 Å². The van der Waals surface area contributed by atoms with Crippen LogP contribution in [-0.2, 0) is 14.3 Å². The van der Waals surface area contributed by atoms with Crippen LogP contribution in [0.15, 0.2) is 18.2 Å². The summed E-state index contributed by atoms with van der Waals surface area (Å²) in [5, 5.41) is 0. The van der Waals surface area contributed by atoms with E-state index in [1.807, 2.05) is 0 Å². The molecule has 0 bridgehead atoms. The van der Waals surface area contributed by atoms with Gasteiger partial charge in [-0.15, -0.1) is 0 Å². The van der Waals surface area contributed by atoms with Crippen LogP contribution >= 0.6 is 0 Å². The summed E-state index contributed by atoms with van der Waals surface area (Å²) in [5.74, 6) is -0.604. The molecule has 1 aromatic carbocycles. The summed E-state index contributed by atoms with van der Waals surface area (Å²) in [6.45, 7) is 3.19. The monoisotopic (exact) mass is 281 g/mol. The fourth-order valence-corrected chi connectivity index (χ4v) is 1.50. The summed E-state index contributed by atoms with van der Waals surface area (Å²) in [5.41, 5.74) is 5.49. The summed E-state index contributed by atoms with van der Waals surface area (Å²) >= 11 is 0. The number of benzene rings is 1. The molecule has 0 saturated heterocycles. The van der Waals surface area contributed by atoms with E-state index < -0.39 is 17.4 Å². The molecule has 0 aliphatic rings. The van der Waals surface area contributed by atoms with E-state index in [2.05, 4.69) is 4.74 Å². The van der Waals surface area contributed by atoms with Crippen molar-refractivity contribution >= 4 is 17.6 Å². The molecule has 0 heterocycles. The Bertz CT molecular complexity index is 510. The molecule has 110 valence electrons. The zero-order valence-electron chi connectivity index (χ0n) is 12.1. The van der Waals surface area contributed by atoms with Crippen LogP contribution in [0.5, 0.6) is 5.75 Å². The number of carbonyl (C=O) groups is 2. The molecule has 6 heteroatoms. The average molecular weight is 281 g/mol. The average Bonchev–Trinajstić information content (AvgIpc) is 2.44. The highest BCUT2D eigenvalue weighted by Crippen LogP contribution is 2.23. The molecule has 0 atom stereocenters. The minimum atomic E-state index is -0.900.